The van der Waals surface area contributed by atoms with Crippen molar-refractivity contribution < 1.29 is 27.9 Å². The van der Waals surface area contributed by atoms with Gasteiger partial charge in [-0.2, -0.15) is 0 Å². The Morgan fingerprint density at radius 2 is 1.82 bits per heavy atom. The van der Waals surface area contributed by atoms with Gasteiger partial charge in [-0.1, -0.05) is 37.1 Å². The van der Waals surface area contributed by atoms with Gasteiger partial charge < -0.3 is 24.1 Å². The fourth-order valence-electron chi connectivity index (χ4n) is 4.56. The van der Waals surface area contributed by atoms with Crippen LogP contribution in [0.25, 0.3) is 0 Å². The molecule has 3 aromatic rings. The van der Waals surface area contributed by atoms with Crippen LogP contribution < -0.4 is 14.8 Å². The average molecular weight is 464 g/mol. The third-order valence-electron chi connectivity index (χ3n) is 6.24. The second kappa shape index (κ2) is 9.59. The number of amides is 2. The molecule has 1 atom stereocenters. The van der Waals surface area contributed by atoms with Crippen LogP contribution in [-0.4, -0.2) is 29.5 Å². The first-order valence-corrected chi connectivity index (χ1v) is 11.4. The number of hydrogen-bond donors (Lipinski definition) is 1. The van der Waals surface area contributed by atoms with Crippen LogP contribution >= 0.6 is 0 Å². The van der Waals surface area contributed by atoms with E-state index in [-0.39, 0.29) is 30.7 Å². The summed E-state index contributed by atoms with van der Waals surface area (Å²) in [6.07, 6.45) is 5.18. The third kappa shape index (κ3) is 4.48. The lowest BCUT2D eigenvalue weighted by molar-refractivity contribution is -0.127. The largest absolute Gasteiger partial charge is 0.459 e. The van der Waals surface area contributed by atoms with Crippen LogP contribution in [0.2, 0.25) is 0 Å². The third-order valence-corrected chi connectivity index (χ3v) is 6.24. The Morgan fingerprint density at radius 1 is 1.03 bits per heavy atom. The minimum atomic E-state index is -1.19. The van der Waals surface area contributed by atoms with Crippen molar-refractivity contribution in [3.8, 4) is 11.5 Å². The summed E-state index contributed by atoms with van der Waals surface area (Å²) in [4.78, 5) is 28.5. The van der Waals surface area contributed by atoms with E-state index in [1.54, 1.807) is 36.4 Å². The maximum absolute atomic E-state index is 15.0. The molecule has 8 heteroatoms. The maximum Gasteiger partial charge on any atom is 0.290 e. The molecular weight excluding hydrogens is 439 g/mol. The van der Waals surface area contributed by atoms with E-state index < -0.39 is 23.7 Å². The zero-order valence-corrected chi connectivity index (χ0v) is 18.5. The number of carbonyl (C=O) groups is 2. The Kier molecular flexibility index (Phi) is 6.20. The van der Waals surface area contributed by atoms with Gasteiger partial charge in [0.05, 0.1) is 6.26 Å². The lowest BCUT2D eigenvalue weighted by atomic mass is 10.0. The van der Waals surface area contributed by atoms with Gasteiger partial charge in [0.15, 0.2) is 17.3 Å². The van der Waals surface area contributed by atoms with Crippen LogP contribution in [0.15, 0.2) is 65.3 Å². The van der Waals surface area contributed by atoms with Gasteiger partial charge in [0.2, 0.25) is 12.7 Å². The second-order valence-corrected chi connectivity index (χ2v) is 8.51. The number of fused-ring (bicyclic) bond motifs is 1. The molecule has 0 spiro atoms. The summed E-state index contributed by atoms with van der Waals surface area (Å²) in [5.74, 6) is -0.263. The molecule has 7 nitrogen and oxygen atoms in total. The zero-order chi connectivity index (χ0) is 23.5. The van der Waals surface area contributed by atoms with Crippen molar-refractivity contribution in [1.82, 2.24) is 10.2 Å². The summed E-state index contributed by atoms with van der Waals surface area (Å²) in [5, 5.41) is 3.04. The number of ether oxygens (including phenoxy) is 2. The Morgan fingerprint density at radius 3 is 2.59 bits per heavy atom. The van der Waals surface area contributed by atoms with Crippen LogP contribution in [0.5, 0.6) is 11.5 Å². The van der Waals surface area contributed by atoms with Crippen LogP contribution in [0.3, 0.4) is 0 Å². The molecule has 2 amide bonds. The molecule has 0 radical (unpaired) electrons. The molecular formula is C26H25FN2O5. The van der Waals surface area contributed by atoms with Crippen molar-refractivity contribution in [2.24, 2.45) is 0 Å². The highest BCUT2D eigenvalue weighted by molar-refractivity contribution is 5.96. The van der Waals surface area contributed by atoms with Crippen LogP contribution in [0.4, 0.5) is 4.39 Å². The number of nitrogens with zero attached hydrogens (tertiary/aromatic N) is 1. The predicted octanol–water partition coefficient (Wildman–Crippen LogP) is 4.59. The van der Waals surface area contributed by atoms with Gasteiger partial charge in [0, 0.05) is 18.2 Å². The number of carbonyl (C=O) groups excluding carboxylic acids is 2. The first kappa shape index (κ1) is 22.0. The zero-order valence-electron chi connectivity index (χ0n) is 18.5. The molecule has 1 unspecified atom stereocenters. The van der Waals surface area contributed by atoms with E-state index in [0.29, 0.717) is 17.1 Å². The number of rotatable bonds is 7. The molecule has 1 saturated carbocycles. The lowest BCUT2D eigenvalue weighted by Gasteiger charge is -2.32. The Bertz CT molecular complexity index is 1170. The molecule has 2 aliphatic rings. The number of benzene rings is 2. The molecule has 1 fully saturated rings. The van der Waals surface area contributed by atoms with Crippen molar-refractivity contribution >= 4 is 11.8 Å². The smallest absolute Gasteiger partial charge is 0.290 e. The molecule has 34 heavy (non-hydrogen) atoms. The SMILES string of the molecule is O=C(NC1CCCC1)C(c1ccccc1F)N(Cc1ccc2c(c1)OCO2)C(=O)c1ccco1. The second-order valence-electron chi connectivity index (χ2n) is 8.51. The molecule has 1 N–H and O–H groups in total. The summed E-state index contributed by atoms with van der Waals surface area (Å²) in [7, 11) is 0. The summed E-state index contributed by atoms with van der Waals surface area (Å²) < 4.78 is 31.2. The predicted molar refractivity (Wildman–Crippen MR) is 121 cm³/mol. The molecule has 1 aromatic heterocycles. The minimum Gasteiger partial charge on any atom is -0.459 e. The van der Waals surface area contributed by atoms with Crippen molar-refractivity contribution in [2.75, 3.05) is 6.79 Å². The summed E-state index contributed by atoms with van der Waals surface area (Å²) >= 11 is 0. The van der Waals surface area contributed by atoms with Gasteiger partial charge in [-0.15, -0.1) is 0 Å². The van der Waals surface area contributed by atoms with Crippen molar-refractivity contribution in [3.63, 3.8) is 0 Å². The van der Waals surface area contributed by atoms with Crippen LogP contribution in [0.1, 0.15) is 53.4 Å². The van der Waals surface area contributed by atoms with Crippen molar-refractivity contribution in [3.05, 3.63) is 83.6 Å². The van der Waals surface area contributed by atoms with E-state index >= 15 is 4.39 Å². The van der Waals surface area contributed by atoms with Gasteiger partial charge in [0.25, 0.3) is 5.91 Å². The van der Waals surface area contributed by atoms with E-state index in [0.717, 1.165) is 25.7 Å². The first-order chi connectivity index (χ1) is 16.6. The molecule has 2 aromatic carbocycles. The maximum atomic E-state index is 15.0. The van der Waals surface area contributed by atoms with Gasteiger partial charge in [-0.05, 0) is 48.7 Å². The van der Waals surface area contributed by atoms with E-state index in [2.05, 4.69) is 5.32 Å². The average Bonchev–Trinajstić information content (AvgIpc) is 3.62. The van der Waals surface area contributed by atoms with E-state index in [9.17, 15) is 9.59 Å². The van der Waals surface area contributed by atoms with Gasteiger partial charge in [-0.25, -0.2) is 4.39 Å². The number of hydrogen-bond acceptors (Lipinski definition) is 5. The molecule has 1 aliphatic heterocycles. The topological polar surface area (TPSA) is 81.0 Å². The molecule has 2 heterocycles. The minimum absolute atomic E-state index is 0.00730. The highest BCUT2D eigenvalue weighted by Gasteiger charge is 2.36. The van der Waals surface area contributed by atoms with Crippen molar-refractivity contribution in [2.45, 2.75) is 44.3 Å². The van der Waals surface area contributed by atoms with Gasteiger partial charge in [0.1, 0.15) is 11.9 Å². The summed E-state index contributed by atoms with van der Waals surface area (Å²) in [5.41, 5.74) is 0.831. The fourth-order valence-corrected chi connectivity index (χ4v) is 4.56. The first-order valence-electron chi connectivity index (χ1n) is 11.4. The van der Waals surface area contributed by atoms with E-state index in [1.807, 2.05) is 0 Å². The van der Waals surface area contributed by atoms with E-state index in [4.69, 9.17) is 13.9 Å². The highest BCUT2D eigenvalue weighted by atomic mass is 19.1. The number of furan rings is 1. The van der Waals surface area contributed by atoms with Gasteiger partial charge in [-0.3, -0.25) is 9.59 Å². The summed E-state index contributed by atoms with van der Waals surface area (Å²) in [6.45, 7) is 0.155. The quantitative estimate of drug-likeness (QED) is 0.553. The highest BCUT2D eigenvalue weighted by Crippen LogP contribution is 2.35. The van der Waals surface area contributed by atoms with Crippen molar-refractivity contribution in [1.29, 1.82) is 0 Å². The summed E-state index contributed by atoms with van der Waals surface area (Å²) in [6, 6.07) is 13.3. The molecule has 0 saturated heterocycles. The Labute approximate surface area is 196 Å². The normalized spacial score (nSPS) is 15.8. The Balaban J connectivity index is 1.54. The number of halogens is 1. The monoisotopic (exact) mass is 464 g/mol. The molecule has 1 aliphatic carbocycles. The van der Waals surface area contributed by atoms with Gasteiger partial charge >= 0.3 is 0 Å². The standard InChI is InChI=1S/C26H25FN2O5/c27-20-9-4-3-8-19(20)24(25(30)28-18-6-1-2-7-18)29(26(31)22-10-5-13-32-22)15-17-11-12-21-23(14-17)34-16-33-21/h3-5,8-14,18,24H,1-2,6-7,15-16H2,(H,28,30). The Hall–Kier alpha value is -3.81. The fraction of sp³-hybridized carbons (Fsp3) is 0.308. The van der Waals surface area contributed by atoms with E-state index in [1.165, 1.54) is 29.4 Å². The van der Waals surface area contributed by atoms with Crippen LogP contribution in [-0.2, 0) is 11.3 Å². The molecule has 5 rings (SSSR count). The lowest BCUT2D eigenvalue weighted by Crippen LogP contribution is -2.46. The number of nitrogens with one attached hydrogen (secondary N) is 1. The van der Waals surface area contributed by atoms with Crippen LogP contribution in [0, 0.1) is 5.82 Å². The molecule has 176 valence electrons. The molecule has 0 bridgehead atoms.